The molecule has 0 bridgehead atoms. The average molecular weight is 261 g/mol. The van der Waals surface area contributed by atoms with Crippen LogP contribution in [0.3, 0.4) is 0 Å². The van der Waals surface area contributed by atoms with Crippen molar-refractivity contribution in [1.82, 2.24) is 25.3 Å². The number of H-pyrrole nitrogens is 1. The lowest BCUT2D eigenvalue weighted by molar-refractivity contribution is 0.305. The fourth-order valence-corrected chi connectivity index (χ4v) is 2.80. The molecule has 0 radical (unpaired) electrons. The lowest BCUT2D eigenvalue weighted by atomic mass is 9.80. The number of hydrogen-bond donors (Lipinski definition) is 1. The molecule has 0 amide bonds. The minimum atomic E-state index is 0.469. The second-order valence-corrected chi connectivity index (χ2v) is 5.35. The van der Waals surface area contributed by atoms with Gasteiger partial charge in [-0.1, -0.05) is 31.3 Å². The van der Waals surface area contributed by atoms with Crippen LogP contribution < -0.4 is 0 Å². The highest BCUT2D eigenvalue weighted by atomic mass is 16.5. The summed E-state index contributed by atoms with van der Waals surface area (Å²) in [6.45, 7) is 2.29. The minimum Gasteiger partial charge on any atom is -0.339 e. The summed E-state index contributed by atoms with van der Waals surface area (Å²) in [5.74, 6) is 3.57. The minimum absolute atomic E-state index is 0.469. The molecule has 19 heavy (non-hydrogen) atoms. The molecule has 102 valence electrons. The standard InChI is InChI=1S/C13H19N5O/c1-9-4-2-3-5-10(9)13-16-12(19-18-13)7-6-11-14-8-15-17-11/h8-10H,2-7H2,1H3,(H,14,15,17)/t9-,10+/m0/s1. The van der Waals surface area contributed by atoms with Gasteiger partial charge in [-0.05, 0) is 12.3 Å². The topological polar surface area (TPSA) is 80.5 Å². The van der Waals surface area contributed by atoms with E-state index in [2.05, 4.69) is 32.2 Å². The zero-order chi connectivity index (χ0) is 13.1. The van der Waals surface area contributed by atoms with Crippen LogP contribution in [0.25, 0.3) is 0 Å². The monoisotopic (exact) mass is 261 g/mol. The third-order valence-electron chi connectivity index (χ3n) is 3.97. The second kappa shape index (κ2) is 5.50. The third-order valence-corrected chi connectivity index (χ3v) is 3.97. The first-order valence-corrected chi connectivity index (χ1v) is 6.99. The van der Waals surface area contributed by atoms with E-state index >= 15 is 0 Å². The van der Waals surface area contributed by atoms with Gasteiger partial charge >= 0.3 is 0 Å². The summed E-state index contributed by atoms with van der Waals surface area (Å²) in [5.41, 5.74) is 0. The van der Waals surface area contributed by atoms with Gasteiger partial charge in [-0.15, -0.1) is 0 Å². The highest BCUT2D eigenvalue weighted by Gasteiger charge is 2.27. The predicted molar refractivity (Wildman–Crippen MR) is 68.5 cm³/mol. The Balaban J connectivity index is 1.62. The Bertz CT molecular complexity index is 507. The molecule has 6 heteroatoms. The molecule has 6 nitrogen and oxygen atoms in total. The first kappa shape index (κ1) is 12.3. The van der Waals surface area contributed by atoms with Gasteiger partial charge in [0.25, 0.3) is 0 Å². The van der Waals surface area contributed by atoms with Crippen molar-refractivity contribution in [3.05, 3.63) is 23.9 Å². The Morgan fingerprint density at radius 1 is 1.32 bits per heavy atom. The Kier molecular flexibility index (Phi) is 3.57. The van der Waals surface area contributed by atoms with Crippen LogP contribution in [-0.2, 0) is 12.8 Å². The van der Waals surface area contributed by atoms with Crippen molar-refractivity contribution in [2.45, 2.75) is 51.4 Å². The maximum Gasteiger partial charge on any atom is 0.227 e. The van der Waals surface area contributed by atoms with Crippen molar-refractivity contribution in [3.8, 4) is 0 Å². The molecule has 0 aromatic carbocycles. The molecule has 2 atom stereocenters. The smallest absolute Gasteiger partial charge is 0.227 e. The zero-order valence-electron chi connectivity index (χ0n) is 11.2. The summed E-state index contributed by atoms with van der Waals surface area (Å²) in [7, 11) is 0. The highest BCUT2D eigenvalue weighted by molar-refractivity contribution is 5.00. The molecule has 0 spiro atoms. The van der Waals surface area contributed by atoms with Crippen LogP contribution in [0.5, 0.6) is 0 Å². The molecule has 0 unspecified atom stereocenters. The largest absolute Gasteiger partial charge is 0.339 e. The molecule has 1 aliphatic rings. The molecule has 0 aliphatic heterocycles. The Morgan fingerprint density at radius 3 is 3.00 bits per heavy atom. The number of rotatable bonds is 4. The van der Waals surface area contributed by atoms with E-state index in [0.717, 1.165) is 18.1 Å². The SMILES string of the molecule is C[C@H]1CCCC[C@H]1c1noc(CCc2ncn[nH]2)n1. The van der Waals surface area contributed by atoms with E-state index in [1.54, 1.807) is 0 Å². The number of hydrogen-bond acceptors (Lipinski definition) is 5. The van der Waals surface area contributed by atoms with E-state index in [9.17, 15) is 0 Å². The lowest BCUT2D eigenvalue weighted by Crippen LogP contribution is -2.16. The normalized spacial score (nSPS) is 23.6. The van der Waals surface area contributed by atoms with E-state index in [1.165, 1.54) is 32.0 Å². The summed E-state index contributed by atoms with van der Waals surface area (Å²) < 4.78 is 5.34. The van der Waals surface area contributed by atoms with Crippen molar-refractivity contribution in [2.75, 3.05) is 0 Å². The van der Waals surface area contributed by atoms with Gasteiger partial charge in [0.05, 0.1) is 0 Å². The second-order valence-electron chi connectivity index (χ2n) is 5.35. The van der Waals surface area contributed by atoms with Crippen LogP contribution in [0, 0.1) is 5.92 Å². The van der Waals surface area contributed by atoms with Crippen LogP contribution in [0.2, 0.25) is 0 Å². The Morgan fingerprint density at radius 2 is 2.21 bits per heavy atom. The highest BCUT2D eigenvalue weighted by Crippen LogP contribution is 2.35. The van der Waals surface area contributed by atoms with E-state index in [-0.39, 0.29) is 0 Å². The molecular formula is C13H19N5O. The van der Waals surface area contributed by atoms with Crippen LogP contribution in [0.1, 0.15) is 56.1 Å². The maximum atomic E-state index is 5.34. The quantitative estimate of drug-likeness (QED) is 0.913. The fourth-order valence-electron chi connectivity index (χ4n) is 2.80. The van der Waals surface area contributed by atoms with Crippen LogP contribution in [0.4, 0.5) is 0 Å². The Labute approximate surface area is 112 Å². The van der Waals surface area contributed by atoms with Crippen molar-refractivity contribution in [1.29, 1.82) is 0 Å². The van der Waals surface area contributed by atoms with Crippen LogP contribution in [-0.4, -0.2) is 25.3 Å². The Hall–Kier alpha value is -1.72. The summed E-state index contributed by atoms with van der Waals surface area (Å²) in [6.07, 6.45) is 8.03. The lowest BCUT2D eigenvalue weighted by Gasteiger charge is -2.25. The molecule has 2 heterocycles. The first-order valence-electron chi connectivity index (χ1n) is 6.99. The zero-order valence-corrected chi connectivity index (χ0v) is 11.2. The summed E-state index contributed by atoms with van der Waals surface area (Å²) >= 11 is 0. The summed E-state index contributed by atoms with van der Waals surface area (Å²) in [5, 5.41) is 10.8. The number of aromatic nitrogens is 5. The van der Waals surface area contributed by atoms with Crippen molar-refractivity contribution in [2.24, 2.45) is 5.92 Å². The molecular weight excluding hydrogens is 242 g/mol. The van der Waals surface area contributed by atoms with Gasteiger partial charge in [-0.3, -0.25) is 5.10 Å². The van der Waals surface area contributed by atoms with Crippen molar-refractivity contribution in [3.63, 3.8) is 0 Å². The maximum absolute atomic E-state index is 5.34. The first-order chi connectivity index (χ1) is 9.33. The van der Waals surface area contributed by atoms with E-state index in [4.69, 9.17) is 4.52 Å². The van der Waals surface area contributed by atoms with Crippen molar-refractivity contribution < 1.29 is 4.52 Å². The number of nitrogens with one attached hydrogen (secondary N) is 1. The molecule has 1 N–H and O–H groups in total. The van der Waals surface area contributed by atoms with E-state index in [1.807, 2.05) is 0 Å². The van der Waals surface area contributed by atoms with Crippen molar-refractivity contribution >= 4 is 0 Å². The van der Waals surface area contributed by atoms with Crippen LogP contribution in [0.15, 0.2) is 10.9 Å². The van der Waals surface area contributed by atoms with Crippen LogP contribution >= 0.6 is 0 Å². The van der Waals surface area contributed by atoms with E-state index in [0.29, 0.717) is 24.1 Å². The number of nitrogens with zero attached hydrogens (tertiary/aromatic N) is 4. The fraction of sp³-hybridized carbons (Fsp3) is 0.692. The molecule has 2 aromatic rings. The van der Waals surface area contributed by atoms with Gasteiger partial charge in [-0.2, -0.15) is 10.1 Å². The molecule has 1 fully saturated rings. The third kappa shape index (κ3) is 2.83. The molecule has 0 saturated heterocycles. The van der Waals surface area contributed by atoms with Gasteiger partial charge in [0.2, 0.25) is 5.89 Å². The van der Waals surface area contributed by atoms with Gasteiger partial charge in [-0.25, -0.2) is 4.98 Å². The number of aryl methyl sites for hydroxylation is 2. The van der Waals surface area contributed by atoms with Gasteiger partial charge in [0.15, 0.2) is 5.82 Å². The molecule has 2 aromatic heterocycles. The molecule has 1 saturated carbocycles. The van der Waals surface area contributed by atoms with Gasteiger partial charge < -0.3 is 4.52 Å². The molecule has 3 rings (SSSR count). The average Bonchev–Trinajstić information content (AvgIpc) is 3.08. The molecule has 1 aliphatic carbocycles. The van der Waals surface area contributed by atoms with Gasteiger partial charge in [0.1, 0.15) is 12.2 Å². The van der Waals surface area contributed by atoms with Gasteiger partial charge in [0, 0.05) is 18.8 Å². The summed E-state index contributed by atoms with van der Waals surface area (Å²) in [6, 6.07) is 0. The predicted octanol–water partition coefficient (Wildman–Crippen LogP) is 2.27. The summed E-state index contributed by atoms with van der Waals surface area (Å²) in [4.78, 5) is 8.63. The van der Waals surface area contributed by atoms with E-state index < -0.39 is 0 Å². The number of aromatic amines is 1.